The number of nitrogens with one attached hydrogen (secondary N) is 2. The topological polar surface area (TPSA) is 57.3 Å². The van der Waals surface area contributed by atoms with Crippen molar-refractivity contribution in [2.24, 2.45) is 5.92 Å². The van der Waals surface area contributed by atoms with E-state index in [1.54, 1.807) is 6.20 Å². The molecule has 0 atom stereocenters. The van der Waals surface area contributed by atoms with E-state index in [2.05, 4.69) is 27.4 Å². The van der Waals surface area contributed by atoms with Crippen LogP contribution in [0.15, 0.2) is 12.3 Å². The average molecular weight is 290 g/mol. The Morgan fingerprint density at radius 2 is 2.14 bits per heavy atom. The number of aromatic nitrogens is 1. The van der Waals surface area contributed by atoms with Gasteiger partial charge in [0.15, 0.2) is 0 Å². The van der Waals surface area contributed by atoms with Crippen LogP contribution >= 0.6 is 0 Å². The number of hydrogen-bond acceptors (Lipinski definition) is 4. The molecular weight excluding hydrogens is 264 g/mol. The van der Waals surface area contributed by atoms with Crippen molar-refractivity contribution in [1.82, 2.24) is 15.2 Å². The van der Waals surface area contributed by atoms with Gasteiger partial charge in [-0.3, -0.25) is 9.78 Å². The smallest absolute Gasteiger partial charge is 0.254 e. The van der Waals surface area contributed by atoms with Crippen LogP contribution in [0.3, 0.4) is 0 Å². The highest BCUT2D eigenvalue weighted by molar-refractivity contribution is 5.99. The van der Waals surface area contributed by atoms with E-state index in [9.17, 15) is 4.79 Å². The fraction of sp³-hybridized carbons (Fsp3) is 0.625. The highest BCUT2D eigenvalue weighted by atomic mass is 16.1. The molecular formula is C16H26N4O. The fourth-order valence-corrected chi connectivity index (χ4v) is 2.79. The summed E-state index contributed by atoms with van der Waals surface area (Å²) < 4.78 is 0. The fourth-order valence-electron chi connectivity index (χ4n) is 2.79. The molecule has 2 rings (SSSR count). The number of amides is 1. The first-order valence-corrected chi connectivity index (χ1v) is 7.79. The van der Waals surface area contributed by atoms with Crippen LogP contribution in [0.25, 0.3) is 0 Å². The summed E-state index contributed by atoms with van der Waals surface area (Å²) in [6, 6.07) is 1.90. The van der Waals surface area contributed by atoms with E-state index >= 15 is 0 Å². The molecule has 1 aromatic rings. The number of likely N-dealkylation sites (tertiary alicyclic amines) is 1. The molecule has 0 bridgehead atoms. The standard InChI is InChI=1S/C16H26N4O/c1-4-20-7-5-13(6-8-20)10-19-16(21)14-11-18-12(2)9-15(14)17-3/h9,11,13H,4-8,10H2,1-3H3,(H,17,18)(H,19,21). The lowest BCUT2D eigenvalue weighted by molar-refractivity contribution is 0.0937. The van der Waals surface area contributed by atoms with Gasteiger partial charge < -0.3 is 15.5 Å². The minimum atomic E-state index is -0.0372. The van der Waals surface area contributed by atoms with Gasteiger partial charge in [-0.15, -0.1) is 0 Å². The van der Waals surface area contributed by atoms with Crippen molar-refractivity contribution in [3.05, 3.63) is 23.5 Å². The van der Waals surface area contributed by atoms with Crippen LogP contribution in [-0.4, -0.2) is 49.0 Å². The average Bonchev–Trinajstić information content (AvgIpc) is 2.52. The van der Waals surface area contributed by atoms with Gasteiger partial charge in [-0.2, -0.15) is 0 Å². The molecule has 1 saturated heterocycles. The first kappa shape index (κ1) is 15.8. The van der Waals surface area contributed by atoms with Crippen LogP contribution in [-0.2, 0) is 0 Å². The molecule has 1 aliphatic heterocycles. The quantitative estimate of drug-likeness (QED) is 0.869. The molecule has 0 spiro atoms. The van der Waals surface area contributed by atoms with Crippen molar-refractivity contribution in [3.8, 4) is 0 Å². The Kier molecular flexibility index (Phi) is 5.56. The third-order valence-corrected chi connectivity index (χ3v) is 4.26. The zero-order valence-electron chi connectivity index (χ0n) is 13.3. The number of anilines is 1. The van der Waals surface area contributed by atoms with E-state index in [4.69, 9.17) is 0 Å². The molecule has 5 heteroatoms. The van der Waals surface area contributed by atoms with Gasteiger partial charge in [0, 0.05) is 25.5 Å². The molecule has 1 aromatic heterocycles. The predicted octanol–water partition coefficient (Wildman–Crippen LogP) is 1.89. The third-order valence-electron chi connectivity index (χ3n) is 4.26. The second-order valence-corrected chi connectivity index (χ2v) is 5.71. The number of hydrogen-bond donors (Lipinski definition) is 2. The van der Waals surface area contributed by atoms with Crippen LogP contribution < -0.4 is 10.6 Å². The van der Waals surface area contributed by atoms with Gasteiger partial charge in [0.1, 0.15) is 0 Å². The minimum absolute atomic E-state index is 0.0372. The number of rotatable bonds is 5. The van der Waals surface area contributed by atoms with Crippen LogP contribution in [0.2, 0.25) is 0 Å². The van der Waals surface area contributed by atoms with Gasteiger partial charge in [-0.05, 0) is 51.4 Å². The molecule has 1 aliphatic rings. The summed E-state index contributed by atoms with van der Waals surface area (Å²) in [6.45, 7) is 8.29. The number of aryl methyl sites for hydroxylation is 1. The van der Waals surface area contributed by atoms with Crippen molar-refractivity contribution in [2.45, 2.75) is 26.7 Å². The summed E-state index contributed by atoms with van der Waals surface area (Å²) in [7, 11) is 1.83. The Morgan fingerprint density at radius 3 is 2.76 bits per heavy atom. The largest absolute Gasteiger partial charge is 0.387 e. The van der Waals surface area contributed by atoms with Crippen molar-refractivity contribution >= 4 is 11.6 Å². The maximum atomic E-state index is 12.3. The van der Waals surface area contributed by atoms with E-state index in [1.807, 2.05) is 20.0 Å². The molecule has 21 heavy (non-hydrogen) atoms. The van der Waals surface area contributed by atoms with E-state index in [0.29, 0.717) is 11.5 Å². The van der Waals surface area contributed by atoms with Crippen molar-refractivity contribution in [3.63, 3.8) is 0 Å². The van der Waals surface area contributed by atoms with Gasteiger partial charge in [0.05, 0.1) is 11.3 Å². The molecule has 0 aliphatic carbocycles. The van der Waals surface area contributed by atoms with Crippen LogP contribution in [0.5, 0.6) is 0 Å². The Hall–Kier alpha value is -1.62. The summed E-state index contributed by atoms with van der Waals surface area (Å²) in [5.74, 6) is 0.554. The van der Waals surface area contributed by atoms with E-state index in [0.717, 1.165) is 37.6 Å². The molecule has 0 saturated carbocycles. The number of pyridine rings is 1. The van der Waals surface area contributed by atoms with Gasteiger partial charge in [-0.1, -0.05) is 6.92 Å². The van der Waals surface area contributed by atoms with Crippen molar-refractivity contribution in [1.29, 1.82) is 0 Å². The number of piperidine rings is 1. The number of carbonyl (C=O) groups is 1. The van der Waals surface area contributed by atoms with Crippen molar-refractivity contribution < 1.29 is 4.79 Å². The number of nitrogens with zero attached hydrogens (tertiary/aromatic N) is 2. The first-order chi connectivity index (χ1) is 10.1. The van der Waals surface area contributed by atoms with Crippen LogP contribution in [0, 0.1) is 12.8 Å². The maximum absolute atomic E-state index is 12.3. The Balaban J connectivity index is 1.88. The lowest BCUT2D eigenvalue weighted by atomic mass is 9.96. The predicted molar refractivity (Wildman–Crippen MR) is 85.7 cm³/mol. The molecule has 0 unspecified atom stereocenters. The van der Waals surface area contributed by atoms with Crippen LogP contribution in [0.1, 0.15) is 35.8 Å². The second kappa shape index (κ2) is 7.41. The molecule has 0 radical (unpaired) electrons. The zero-order valence-corrected chi connectivity index (χ0v) is 13.3. The van der Waals surface area contributed by atoms with Gasteiger partial charge in [-0.25, -0.2) is 0 Å². The minimum Gasteiger partial charge on any atom is -0.387 e. The van der Waals surface area contributed by atoms with Gasteiger partial charge in [0.2, 0.25) is 0 Å². The highest BCUT2D eigenvalue weighted by Gasteiger charge is 2.19. The van der Waals surface area contributed by atoms with Gasteiger partial charge in [0.25, 0.3) is 5.91 Å². The maximum Gasteiger partial charge on any atom is 0.254 e. The molecule has 2 heterocycles. The van der Waals surface area contributed by atoms with E-state index in [-0.39, 0.29) is 5.91 Å². The Labute approximate surface area is 127 Å². The lowest BCUT2D eigenvalue weighted by Gasteiger charge is -2.31. The Morgan fingerprint density at radius 1 is 1.43 bits per heavy atom. The molecule has 0 aromatic carbocycles. The molecule has 1 amide bonds. The van der Waals surface area contributed by atoms with Gasteiger partial charge >= 0.3 is 0 Å². The second-order valence-electron chi connectivity index (χ2n) is 5.71. The molecule has 5 nitrogen and oxygen atoms in total. The summed E-state index contributed by atoms with van der Waals surface area (Å²) >= 11 is 0. The lowest BCUT2D eigenvalue weighted by Crippen LogP contribution is -2.38. The van der Waals surface area contributed by atoms with E-state index < -0.39 is 0 Å². The SMILES string of the molecule is CCN1CCC(CNC(=O)c2cnc(C)cc2NC)CC1. The molecule has 116 valence electrons. The summed E-state index contributed by atoms with van der Waals surface area (Å²) in [5.41, 5.74) is 2.36. The van der Waals surface area contributed by atoms with Crippen molar-refractivity contribution in [2.75, 3.05) is 38.5 Å². The first-order valence-electron chi connectivity index (χ1n) is 7.79. The zero-order chi connectivity index (χ0) is 15.2. The van der Waals surface area contributed by atoms with E-state index in [1.165, 1.54) is 12.8 Å². The monoisotopic (exact) mass is 290 g/mol. The molecule has 1 fully saturated rings. The third kappa shape index (κ3) is 4.17. The summed E-state index contributed by atoms with van der Waals surface area (Å²) in [6.07, 6.45) is 3.98. The molecule has 2 N–H and O–H groups in total. The summed E-state index contributed by atoms with van der Waals surface area (Å²) in [4.78, 5) is 19.0. The highest BCUT2D eigenvalue weighted by Crippen LogP contribution is 2.17. The van der Waals surface area contributed by atoms with Crippen LogP contribution in [0.4, 0.5) is 5.69 Å². The Bertz CT molecular complexity index is 481. The summed E-state index contributed by atoms with van der Waals surface area (Å²) in [5, 5.41) is 6.12. The number of carbonyl (C=O) groups excluding carboxylic acids is 1. The normalized spacial score (nSPS) is 16.7.